The molecule has 0 atom stereocenters. The molecule has 0 aliphatic rings. The zero-order valence-electron chi connectivity index (χ0n) is 39.2. The normalized spacial score (nSPS) is 12.2. The van der Waals surface area contributed by atoms with E-state index in [9.17, 15) is 0 Å². The molecule has 72 heavy (non-hydrogen) atoms. The van der Waals surface area contributed by atoms with Gasteiger partial charge in [-0.1, -0.05) is 218 Å². The van der Waals surface area contributed by atoms with E-state index >= 15 is 0 Å². The minimum absolute atomic E-state index is 1.19. The van der Waals surface area contributed by atoms with Crippen LogP contribution in [0.3, 0.4) is 0 Å². The van der Waals surface area contributed by atoms with Gasteiger partial charge in [-0.25, -0.2) is 0 Å². The lowest BCUT2D eigenvalue weighted by molar-refractivity contribution is 1.63. The Kier molecular flexibility index (Phi) is 8.26. The number of hydrogen-bond acceptors (Lipinski definition) is 0. The predicted octanol–water partition coefficient (Wildman–Crippen LogP) is 20.5. The summed E-state index contributed by atoms with van der Waals surface area (Å²) in [5.41, 5.74) is 7.26. The van der Waals surface area contributed by atoms with Crippen molar-refractivity contribution in [1.82, 2.24) is 0 Å². The molecule has 16 aromatic carbocycles. The summed E-state index contributed by atoms with van der Waals surface area (Å²) in [6.45, 7) is 0. The summed E-state index contributed by atoms with van der Waals surface area (Å²) in [5.74, 6) is 0. The van der Waals surface area contributed by atoms with Gasteiger partial charge < -0.3 is 0 Å². The van der Waals surface area contributed by atoms with Crippen LogP contribution < -0.4 is 0 Å². The molecule has 16 rings (SSSR count). The van der Waals surface area contributed by atoms with E-state index in [2.05, 4.69) is 255 Å². The second-order valence-corrected chi connectivity index (χ2v) is 19.7. The lowest BCUT2D eigenvalue weighted by Gasteiger charge is -2.20. The van der Waals surface area contributed by atoms with E-state index in [1.54, 1.807) is 0 Å². The second kappa shape index (κ2) is 15.1. The fraction of sp³-hybridized carbons (Fsp3) is 0. The summed E-state index contributed by atoms with van der Waals surface area (Å²) < 4.78 is 0. The Morgan fingerprint density at radius 1 is 0.125 bits per heavy atom. The van der Waals surface area contributed by atoms with Gasteiger partial charge in [-0.15, -0.1) is 0 Å². The number of hydrogen-bond donors (Lipinski definition) is 0. The van der Waals surface area contributed by atoms with Crippen molar-refractivity contribution in [3.63, 3.8) is 0 Å². The summed E-state index contributed by atoms with van der Waals surface area (Å²) in [7, 11) is 0. The molecule has 0 radical (unpaired) electrons. The van der Waals surface area contributed by atoms with E-state index in [1.165, 1.54) is 163 Å². The smallest absolute Gasteiger partial charge is 0.00199 e. The van der Waals surface area contributed by atoms with Crippen molar-refractivity contribution in [2.75, 3.05) is 0 Å². The van der Waals surface area contributed by atoms with Gasteiger partial charge in [-0.05, 0) is 199 Å². The SMILES string of the molecule is c1ccc2c(c1)c(-c1cc(-c3cc4c5ccccc5c5ccccc5c4c4ccccc34)cc(-c3cc4c5ccccc5c5ccccc5c4c4ccccc34)c1)cc1c3ccccc3c3ccccc3c21. The molecule has 0 fully saturated rings. The summed E-state index contributed by atoms with van der Waals surface area (Å²) in [5, 5.41) is 30.6. The molecule has 0 saturated heterocycles. The van der Waals surface area contributed by atoms with E-state index < -0.39 is 0 Å². The first-order valence-corrected chi connectivity index (χ1v) is 25.2. The molecule has 0 spiro atoms. The van der Waals surface area contributed by atoms with Gasteiger partial charge in [-0.2, -0.15) is 0 Å². The Balaban J connectivity index is 1.08. The van der Waals surface area contributed by atoms with Crippen LogP contribution in [0.2, 0.25) is 0 Å². The zero-order valence-corrected chi connectivity index (χ0v) is 39.2. The molecule has 0 amide bonds. The molecule has 0 unspecified atom stereocenters. The van der Waals surface area contributed by atoms with E-state index in [4.69, 9.17) is 0 Å². The molecule has 0 bridgehead atoms. The minimum Gasteiger partial charge on any atom is -0.0616 e. The summed E-state index contributed by atoms with van der Waals surface area (Å²) in [6.07, 6.45) is 0. The van der Waals surface area contributed by atoms with Crippen molar-refractivity contribution in [3.05, 3.63) is 255 Å². The highest BCUT2D eigenvalue weighted by Crippen LogP contribution is 2.49. The first-order valence-electron chi connectivity index (χ1n) is 25.2. The Bertz CT molecular complexity index is 4520. The minimum atomic E-state index is 1.19. The molecular weight excluding hydrogens is 865 g/mol. The van der Waals surface area contributed by atoms with Gasteiger partial charge in [-0.3, -0.25) is 0 Å². The molecule has 0 nitrogen and oxygen atoms in total. The molecule has 330 valence electrons. The standard InChI is InChI=1S/C72H42/c1-4-25-52-46(19-1)49-22-7-13-31-58(49)70-61-34-16-10-28-55(61)64(40-67(52)70)43-37-44(65-41-68-53-26-5-2-20-47(53)50-23-8-14-32-59(50)71(68)62-35-17-11-29-56(62)65)39-45(38-43)66-42-69-54-27-6-3-21-48(54)51-24-9-15-33-60(51)72(69)63-36-18-12-30-57(63)66/h1-42H. The van der Waals surface area contributed by atoms with E-state index in [0.29, 0.717) is 0 Å². The molecule has 0 heterocycles. The van der Waals surface area contributed by atoms with Crippen LogP contribution in [0.4, 0.5) is 0 Å². The zero-order chi connectivity index (χ0) is 47.0. The summed E-state index contributed by atoms with van der Waals surface area (Å²) in [6, 6.07) is 96.1. The van der Waals surface area contributed by atoms with Gasteiger partial charge in [0, 0.05) is 0 Å². The van der Waals surface area contributed by atoms with Crippen LogP contribution in [0.1, 0.15) is 0 Å². The maximum absolute atomic E-state index is 2.51. The molecular formula is C72H42. The van der Waals surface area contributed by atoms with Crippen LogP contribution in [0.5, 0.6) is 0 Å². The van der Waals surface area contributed by atoms with Crippen molar-refractivity contribution >= 4 is 129 Å². The first-order chi connectivity index (χ1) is 35.7. The molecule has 0 aliphatic heterocycles. The van der Waals surface area contributed by atoms with Gasteiger partial charge in [0.1, 0.15) is 0 Å². The van der Waals surface area contributed by atoms with Gasteiger partial charge >= 0.3 is 0 Å². The Morgan fingerprint density at radius 3 is 0.500 bits per heavy atom. The molecule has 0 saturated carbocycles. The van der Waals surface area contributed by atoms with Crippen LogP contribution in [-0.4, -0.2) is 0 Å². The first kappa shape index (κ1) is 39.5. The van der Waals surface area contributed by atoms with Gasteiger partial charge in [0.2, 0.25) is 0 Å². The molecule has 0 N–H and O–H groups in total. The number of fused-ring (bicyclic) bond motifs is 24. The number of rotatable bonds is 3. The molecule has 0 heteroatoms. The van der Waals surface area contributed by atoms with Gasteiger partial charge in [0.05, 0.1) is 0 Å². The third kappa shape index (κ3) is 5.52. The van der Waals surface area contributed by atoms with Crippen LogP contribution in [-0.2, 0) is 0 Å². The van der Waals surface area contributed by atoms with Crippen molar-refractivity contribution in [2.24, 2.45) is 0 Å². The maximum Gasteiger partial charge on any atom is -0.00199 e. The number of benzene rings is 16. The largest absolute Gasteiger partial charge is 0.0616 e. The molecule has 0 aromatic heterocycles. The fourth-order valence-electron chi connectivity index (χ4n) is 13.1. The van der Waals surface area contributed by atoms with Crippen molar-refractivity contribution in [3.8, 4) is 33.4 Å². The van der Waals surface area contributed by atoms with Crippen LogP contribution >= 0.6 is 0 Å². The Labute approximate surface area is 415 Å². The highest BCUT2D eigenvalue weighted by Gasteiger charge is 2.21. The third-order valence-corrected chi connectivity index (χ3v) is 16.1. The van der Waals surface area contributed by atoms with Crippen molar-refractivity contribution in [1.29, 1.82) is 0 Å². The molecule has 0 aliphatic carbocycles. The van der Waals surface area contributed by atoms with Gasteiger partial charge in [0.15, 0.2) is 0 Å². The second-order valence-electron chi connectivity index (χ2n) is 19.7. The highest BCUT2D eigenvalue weighted by atomic mass is 14.2. The average Bonchev–Trinajstić information content (AvgIpc) is 3.46. The lowest BCUT2D eigenvalue weighted by atomic mass is 9.83. The van der Waals surface area contributed by atoms with E-state index in [-0.39, 0.29) is 0 Å². The summed E-state index contributed by atoms with van der Waals surface area (Å²) >= 11 is 0. The fourth-order valence-corrected chi connectivity index (χ4v) is 13.1. The topological polar surface area (TPSA) is 0 Å². The summed E-state index contributed by atoms with van der Waals surface area (Å²) in [4.78, 5) is 0. The monoisotopic (exact) mass is 906 g/mol. The highest BCUT2D eigenvalue weighted by molar-refractivity contribution is 6.36. The van der Waals surface area contributed by atoms with Crippen molar-refractivity contribution < 1.29 is 0 Å². The maximum atomic E-state index is 2.51. The quantitative estimate of drug-likeness (QED) is 0.155. The molecule has 16 aromatic rings. The Morgan fingerprint density at radius 2 is 0.278 bits per heavy atom. The van der Waals surface area contributed by atoms with Crippen LogP contribution in [0.15, 0.2) is 255 Å². The lowest BCUT2D eigenvalue weighted by Crippen LogP contribution is -1.93. The van der Waals surface area contributed by atoms with Gasteiger partial charge in [0.25, 0.3) is 0 Å². The average molecular weight is 907 g/mol. The van der Waals surface area contributed by atoms with Crippen molar-refractivity contribution in [2.45, 2.75) is 0 Å². The van der Waals surface area contributed by atoms with E-state index in [1.807, 2.05) is 0 Å². The van der Waals surface area contributed by atoms with E-state index in [0.717, 1.165) is 0 Å². The Hall–Kier alpha value is -9.36. The van der Waals surface area contributed by atoms with Crippen LogP contribution in [0.25, 0.3) is 163 Å². The van der Waals surface area contributed by atoms with Crippen LogP contribution in [0, 0.1) is 0 Å². The predicted molar refractivity (Wildman–Crippen MR) is 313 cm³/mol. The third-order valence-electron chi connectivity index (χ3n) is 16.1.